The quantitative estimate of drug-likeness (QED) is 0.446. The van der Waals surface area contributed by atoms with Gasteiger partial charge in [0.05, 0.1) is 17.7 Å². The second-order valence-corrected chi connectivity index (χ2v) is 6.72. The van der Waals surface area contributed by atoms with Crippen molar-refractivity contribution in [1.29, 1.82) is 0 Å². The number of phenolic OH excluding ortho intramolecular Hbond substituents is 1. The molecule has 2 amide bonds. The molecule has 0 aliphatic carbocycles. The van der Waals surface area contributed by atoms with Gasteiger partial charge in [-0.25, -0.2) is 4.90 Å². The van der Waals surface area contributed by atoms with Crippen molar-refractivity contribution in [1.82, 2.24) is 10.2 Å². The fraction of sp³-hybridized carbons (Fsp3) is 0.0556. The van der Waals surface area contributed by atoms with Crippen LogP contribution in [0.2, 0.25) is 10.0 Å². The molecule has 1 saturated heterocycles. The maximum absolute atomic E-state index is 12.7. The van der Waals surface area contributed by atoms with Crippen LogP contribution in [0.15, 0.2) is 42.1 Å². The number of carbonyl (C=O) groups excluding carboxylic acids is 2. The molecule has 0 spiro atoms. The fourth-order valence-electron chi connectivity index (χ4n) is 2.45. The van der Waals surface area contributed by atoms with Gasteiger partial charge in [-0.15, -0.1) is 0 Å². The molecular formula is C18H12Cl2N2O4S. The van der Waals surface area contributed by atoms with E-state index >= 15 is 0 Å². The molecule has 2 aromatic carbocycles. The van der Waals surface area contributed by atoms with Gasteiger partial charge in [-0.05, 0) is 54.2 Å². The summed E-state index contributed by atoms with van der Waals surface area (Å²) in [6.07, 6.45) is 1.49. The van der Waals surface area contributed by atoms with E-state index in [1.807, 2.05) is 0 Å². The SMILES string of the molecule is COc1cc(/C=C2/NC(=S)N(C(=O)c3ccc(Cl)cc3Cl)C2=O)ccc1O. The van der Waals surface area contributed by atoms with E-state index in [4.69, 9.17) is 40.2 Å². The van der Waals surface area contributed by atoms with Crippen LogP contribution in [0.3, 0.4) is 0 Å². The number of nitrogens with zero attached hydrogens (tertiary/aromatic N) is 1. The molecule has 138 valence electrons. The second-order valence-electron chi connectivity index (χ2n) is 5.49. The number of ether oxygens (including phenoxy) is 1. The van der Waals surface area contributed by atoms with E-state index < -0.39 is 11.8 Å². The first kappa shape index (κ1) is 19.2. The van der Waals surface area contributed by atoms with E-state index in [9.17, 15) is 14.7 Å². The molecule has 2 N–H and O–H groups in total. The van der Waals surface area contributed by atoms with Crippen LogP contribution in [0.5, 0.6) is 11.5 Å². The van der Waals surface area contributed by atoms with Gasteiger partial charge in [0.2, 0.25) is 0 Å². The van der Waals surface area contributed by atoms with Crippen LogP contribution in [-0.4, -0.2) is 34.0 Å². The van der Waals surface area contributed by atoms with Gasteiger partial charge in [0, 0.05) is 5.02 Å². The third-order valence-electron chi connectivity index (χ3n) is 3.76. The topological polar surface area (TPSA) is 78.9 Å². The zero-order chi connectivity index (χ0) is 19.7. The number of carbonyl (C=O) groups is 2. The van der Waals surface area contributed by atoms with Gasteiger partial charge in [-0.2, -0.15) is 0 Å². The molecule has 9 heteroatoms. The molecule has 27 heavy (non-hydrogen) atoms. The largest absolute Gasteiger partial charge is 0.504 e. The highest BCUT2D eigenvalue weighted by Crippen LogP contribution is 2.28. The minimum absolute atomic E-state index is 0.0323. The number of aromatic hydroxyl groups is 1. The van der Waals surface area contributed by atoms with Crippen molar-refractivity contribution in [2.75, 3.05) is 7.11 Å². The lowest BCUT2D eigenvalue weighted by atomic mass is 10.1. The molecule has 1 fully saturated rings. The molecule has 0 atom stereocenters. The Morgan fingerprint density at radius 2 is 2.00 bits per heavy atom. The summed E-state index contributed by atoms with van der Waals surface area (Å²) in [4.78, 5) is 26.2. The number of nitrogens with one attached hydrogen (secondary N) is 1. The summed E-state index contributed by atoms with van der Waals surface area (Å²) < 4.78 is 5.04. The normalized spacial score (nSPS) is 15.2. The Morgan fingerprint density at radius 3 is 2.67 bits per heavy atom. The van der Waals surface area contributed by atoms with Crippen LogP contribution in [0.25, 0.3) is 6.08 Å². The molecule has 1 aliphatic heterocycles. The van der Waals surface area contributed by atoms with E-state index in [1.165, 1.54) is 37.5 Å². The summed E-state index contributed by atoms with van der Waals surface area (Å²) in [5.74, 6) is -1.07. The molecule has 0 bridgehead atoms. The van der Waals surface area contributed by atoms with E-state index in [0.717, 1.165) is 4.90 Å². The minimum atomic E-state index is -0.661. The molecule has 2 aromatic rings. The molecule has 0 aromatic heterocycles. The van der Waals surface area contributed by atoms with Crippen LogP contribution < -0.4 is 10.1 Å². The Morgan fingerprint density at radius 1 is 1.26 bits per heavy atom. The van der Waals surface area contributed by atoms with Crippen LogP contribution in [0, 0.1) is 0 Å². The van der Waals surface area contributed by atoms with Gasteiger partial charge in [0.1, 0.15) is 5.70 Å². The maximum Gasteiger partial charge on any atom is 0.283 e. The Kier molecular flexibility index (Phi) is 5.36. The number of benzene rings is 2. The van der Waals surface area contributed by atoms with Crippen molar-refractivity contribution in [3.8, 4) is 11.5 Å². The van der Waals surface area contributed by atoms with Crippen molar-refractivity contribution < 1.29 is 19.4 Å². The van der Waals surface area contributed by atoms with Crippen LogP contribution in [0.4, 0.5) is 0 Å². The van der Waals surface area contributed by atoms with Gasteiger partial charge in [-0.3, -0.25) is 9.59 Å². The first-order valence-corrected chi connectivity index (χ1v) is 8.71. The highest BCUT2D eigenvalue weighted by Gasteiger charge is 2.37. The molecule has 0 unspecified atom stereocenters. The van der Waals surface area contributed by atoms with E-state index in [1.54, 1.807) is 12.1 Å². The van der Waals surface area contributed by atoms with Crippen molar-refractivity contribution in [2.24, 2.45) is 0 Å². The predicted molar refractivity (Wildman–Crippen MR) is 106 cm³/mol. The number of thiocarbonyl (C=S) groups is 1. The van der Waals surface area contributed by atoms with Gasteiger partial charge in [0.15, 0.2) is 16.6 Å². The van der Waals surface area contributed by atoms with E-state index in [-0.39, 0.29) is 32.9 Å². The van der Waals surface area contributed by atoms with Crippen molar-refractivity contribution in [3.05, 3.63) is 63.3 Å². The van der Waals surface area contributed by atoms with Gasteiger partial charge in [-0.1, -0.05) is 29.3 Å². The number of imide groups is 1. The standard InChI is InChI=1S/C18H12Cl2N2O4S/c1-26-15-7-9(2-5-14(15)23)6-13-17(25)22(18(27)21-13)16(24)11-4-3-10(19)8-12(11)20/h2-8,23H,1H3,(H,21,27)/b13-6+. The lowest BCUT2D eigenvalue weighted by Gasteiger charge is -2.13. The number of halogens is 2. The van der Waals surface area contributed by atoms with Crippen LogP contribution in [-0.2, 0) is 4.79 Å². The summed E-state index contributed by atoms with van der Waals surface area (Å²) in [5, 5.41) is 12.8. The summed E-state index contributed by atoms with van der Waals surface area (Å²) in [6.45, 7) is 0. The monoisotopic (exact) mass is 422 g/mol. The molecular weight excluding hydrogens is 411 g/mol. The van der Waals surface area contributed by atoms with Gasteiger partial charge in [0.25, 0.3) is 11.8 Å². The van der Waals surface area contributed by atoms with Gasteiger partial charge >= 0.3 is 0 Å². The minimum Gasteiger partial charge on any atom is -0.504 e. The number of methoxy groups -OCH3 is 1. The van der Waals surface area contributed by atoms with Crippen molar-refractivity contribution >= 4 is 58.4 Å². The van der Waals surface area contributed by atoms with Gasteiger partial charge < -0.3 is 15.2 Å². The lowest BCUT2D eigenvalue weighted by molar-refractivity contribution is -0.120. The molecule has 0 saturated carbocycles. The third kappa shape index (κ3) is 3.75. The average Bonchev–Trinajstić information content (AvgIpc) is 2.89. The number of rotatable bonds is 3. The van der Waals surface area contributed by atoms with Crippen LogP contribution >= 0.6 is 35.4 Å². The summed E-state index contributed by atoms with van der Waals surface area (Å²) in [5.41, 5.74) is 0.777. The Labute approximate surface area is 169 Å². The third-order valence-corrected chi connectivity index (χ3v) is 4.59. The summed E-state index contributed by atoms with van der Waals surface area (Å²) >= 11 is 17.0. The van der Waals surface area contributed by atoms with Crippen molar-refractivity contribution in [2.45, 2.75) is 0 Å². The zero-order valence-electron chi connectivity index (χ0n) is 13.8. The highest BCUT2D eigenvalue weighted by atomic mass is 35.5. The predicted octanol–water partition coefficient (Wildman–Crippen LogP) is 3.61. The number of hydrogen-bond donors (Lipinski definition) is 2. The number of phenols is 1. The first-order chi connectivity index (χ1) is 12.8. The van der Waals surface area contributed by atoms with Crippen LogP contribution in [0.1, 0.15) is 15.9 Å². The maximum atomic E-state index is 12.7. The Bertz CT molecular complexity index is 1010. The number of hydrogen-bond acceptors (Lipinski definition) is 5. The number of amides is 2. The molecule has 0 radical (unpaired) electrons. The Balaban J connectivity index is 1.92. The summed E-state index contributed by atoms with van der Waals surface area (Å²) in [7, 11) is 1.41. The first-order valence-electron chi connectivity index (χ1n) is 7.55. The fourth-order valence-corrected chi connectivity index (χ4v) is 3.22. The second kappa shape index (κ2) is 7.56. The lowest BCUT2D eigenvalue weighted by Crippen LogP contribution is -2.36. The Hall–Kier alpha value is -2.61. The smallest absolute Gasteiger partial charge is 0.283 e. The molecule has 1 aliphatic rings. The molecule has 6 nitrogen and oxygen atoms in total. The van der Waals surface area contributed by atoms with E-state index in [0.29, 0.717) is 10.6 Å². The average molecular weight is 423 g/mol. The van der Waals surface area contributed by atoms with Crippen molar-refractivity contribution in [3.63, 3.8) is 0 Å². The molecule has 1 heterocycles. The highest BCUT2D eigenvalue weighted by molar-refractivity contribution is 7.80. The molecule has 3 rings (SSSR count). The zero-order valence-corrected chi connectivity index (χ0v) is 16.2. The van der Waals surface area contributed by atoms with E-state index in [2.05, 4.69) is 5.32 Å². The summed E-state index contributed by atoms with van der Waals surface area (Å²) in [6, 6.07) is 8.89.